The van der Waals surface area contributed by atoms with Gasteiger partial charge in [0, 0.05) is 12.6 Å². The van der Waals surface area contributed by atoms with E-state index in [4.69, 9.17) is 0 Å². The van der Waals surface area contributed by atoms with Crippen LogP contribution in [0.1, 0.15) is 27.5 Å². The van der Waals surface area contributed by atoms with Crippen LogP contribution in [-0.4, -0.2) is 43.9 Å². The zero-order chi connectivity index (χ0) is 20.0. The molecule has 0 heterocycles. The highest BCUT2D eigenvalue weighted by Gasteiger charge is 2.17. The first-order valence-corrected chi connectivity index (χ1v) is 8.51. The molecule has 0 aliphatic heterocycles. The van der Waals surface area contributed by atoms with Gasteiger partial charge in [0.1, 0.15) is 11.6 Å². The maximum Gasteiger partial charge on any atom is 0.254 e. The number of amides is 2. The van der Waals surface area contributed by atoms with Gasteiger partial charge in [0.2, 0.25) is 5.91 Å². The second kappa shape index (κ2) is 9.23. The third-order valence-corrected chi connectivity index (χ3v) is 4.16. The molecule has 0 fully saturated rings. The lowest BCUT2D eigenvalue weighted by Crippen LogP contribution is -2.40. The maximum atomic E-state index is 13.6. The molecule has 7 heteroatoms. The van der Waals surface area contributed by atoms with E-state index in [9.17, 15) is 18.4 Å². The molecule has 1 atom stereocenters. The van der Waals surface area contributed by atoms with Crippen LogP contribution in [0.2, 0.25) is 0 Å². The Bertz CT molecular complexity index is 807. The summed E-state index contributed by atoms with van der Waals surface area (Å²) in [6.45, 7) is 2.06. The molecule has 2 aromatic carbocycles. The van der Waals surface area contributed by atoms with Crippen LogP contribution in [0.4, 0.5) is 8.78 Å². The first-order valence-electron chi connectivity index (χ1n) is 8.51. The summed E-state index contributed by atoms with van der Waals surface area (Å²) >= 11 is 0. The van der Waals surface area contributed by atoms with Crippen molar-refractivity contribution in [2.45, 2.75) is 13.0 Å². The van der Waals surface area contributed by atoms with Crippen molar-refractivity contribution in [1.29, 1.82) is 0 Å². The van der Waals surface area contributed by atoms with Crippen LogP contribution in [0, 0.1) is 18.6 Å². The molecule has 0 aliphatic rings. The van der Waals surface area contributed by atoms with Crippen molar-refractivity contribution < 1.29 is 18.4 Å². The summed E-state index contributed by atoms with van der Waals surface area (Å²) < 4.78 is 26.5. The monoisotopic (exact) mass is 375 g/mol. The minimum atomic E-state index is -0.972. The third kappa shape index (κ3) is 5.86. The number of hydrogen-bond donors (Lipinski definition) is 2. The van der Waals surface area contributed by atoms with E-state index >= 15 is 0 Å². The van der Waals surface area contributed by atoms with E-state index in [1.54, 1.807) is 0 Å². The smallest absolute Gasteiger partial charge is 0.254 e. The molecule has 0 aromatic heterocycles. The van der Waals surface area contributed by atoms with Gasteiger partial charge in [-0.2, -0.15) is 0 Å². The molecule has 5 nitrogen and oxygen atoms in total. The third-order valence-electron chi connectivity index (χ3n) is 4.16. The van der Waals surface area contributed by atoms with Gasteiger partial charge >= 0.3 is 0 Å². The van der Waals surface area contributed by atoms with Crippen molar-refractivity contribution in [2.75, 3.05) is 27.2 Å². The van der Waals surface area contributed by atoms with Gasteiger partial charge in [-0.1, -0.05) is 29.8 Å². The maximum absolute atomic E-state index is 13.6. The van der Waals surface area contributed by atoms with Gasteiger partial charge in [-0.05, 0) is 38.7 Å². The quantitative estimate of drug-likeness (QED) is 0.781. The topological polar surface area (TPSA) is 61.4 Å². The molecule has 0 saturated heterocycles. The van der Waals surface area contributed by atoms with Crippen molar-refractivity contribution in [1.82, 2.24) is 15.5 Å². The zero-order valence-corrected chi connectivity index (χ0v) is 15.6. The van der Waals surface area contributed by atoms with Crippen LogP contribution in [0.5, 0.6) is 0 Å². The Hall–Kier alpha value is -2.80. The summed E-state index contributed by atoms with van der Waals surface area (Å²) in [5, 5.41) is 5.09. The Labute approximate surface area is 157 Å². The Morgan fingerprint density at radius 2 is 1.70 bits per heavy atom. The SMILES string of the molecule is Cc1ccc(C(CNC(=O)CNC(=O)c2ccc(F)cc2F)N(C)C)cc1. The Balaban J connectivity index is 1.88. The summed E-state index contributed by atoms with van der Waals surface area (Å²) in [5.74, 6) is -2.91. The molecule has 2 aromatic rings. The fraction of sp³-hybridized carbons (Fsp3) is 0.300. The fourth-order valence-electron chi connectivity index (χ4n) is 2.59. The van der Waals surface area contributed by atoms with E-state index in [0.717, 1.165) is 23.3 Å². The van der Waals surface area contributed by atoms with Crippen LogP contribution in [-0.2, 0) is 4.79 Å². The molecule has 144 valence electrons. The van der Waals surface area contributed by atoms with Gasteiger partial charge in [-0.15, -0.1) is 0 Å². The second-order valence-electron chi connectivity index (χ2n) is 6.50. The average Bonchev–Trinajstić information content (AvgIpc) is 2.61. The minimum Gasteiger partial charge on any atom is -0.353 e. The molecule has 27 heavy (non-hydrogen) atoms. The highest BCUT2D eigenvalue weighted by atomic mass is 19.1. The number of rotatable bonds is 7. The van der Waals surface area contributed by atoms with Crippen molar-refractivity contribution in [2.24, 2.45) is 0 Å². The molecule has 0 bridgehead atoms. The summed E-state index contributed by atoms with van der Waals surface area (Å²) in [6.07, 6.45) is 0. The number of aryl methyl sites for hydroxylation is 1. The van der Waals surface area contributed by atoms with Crippen LogP contribution in [0.15, 0.2) is 42.5 Å². The number of benzene rings is 2. The van der Waals surface area contributed by atoms with E-state index in [1.807, 2.05) is 50.2 Å². The number of carbonyl (C=O) groups is 2. The Morgan fingerprint density at radius 3 is 2.30 bits per heavy atom. The van der Waals surface area contributed by atoms with Crippen LogP contribution in [0.25, 0.3) is 0 Å². The number of nitrogens with zero attached hydrogens (tertiary/aromatic N) is 1. The lowest BCUT2D eigenvalue weighted by atomic mass is 10.0. The van der Waals surface area contributed by atoms with Gasteiger partial charge in [-0.25, -0.2) is 8.78 Å². The van der Waals surface area contributed by atoms with Crippen LogP contribution < -0.4 is 10.6 Å². The lowest BCUT2D eigenvalue weighted by molar-refractivity contribution is -0.120. The number of hydrogen-bond acceptors (Lipinski definition) is 3. The standard InChI is InChI=1S/C20H23F2N3O2/c1-13-4-6-14(7-5-13)18(25(2)3)11-23-19(26)12-24-20(27)16-9-8-15(21)10-17(16)22/h4-10,18H,11-12H2,1-3H3,(H,23,26)(H,24,27). The predicted molar refractivity (Wildman–Crippen MR) is 99.3 cm³/mol. The highest BCUT2D eigenvalue weighted by Crippen LogP contribution is 2.17. The van der Waals surface area contributed by atoms with Crippen molar-refractivity contribution in [3.63, 3.8) is 0 Å². The number of carbonyl (C=O) groups excluding carboxylic acids is 2. The molecule has 2 amide bonds. The fourth-order valence-corrected chi connectivity index (χ4v) is 2.59. The molecule has 0 radical (unpaired) electrons. The second-order valence-corrected chi connectivity index (χ2v) is 6.50. The summed E-state index contributed by atoms with van der Waals surface area (Å²) in [6, 6.07) is 10.6. The molecular weight excluding hydrogens is 352 g/mol. The summed E-state index contributed by atoms with van der Waals surface area (Å²) in [7, 11) is 3.82. The Morgan fingerprint density at radius 1 is 1.04 bits per heavy atom. The van der Waals surface area contributed by atoms with Crippen molar-refractivity contribution in [3.8, 4) is 0 Å². The average molecular weight is 375 g/mol. The van der Waals surface area contributed by atoms with Gasteiger partial charge in [0.25, 0.3) is 5.91 Å². The number of nitrogens with one attached hydrogen (secondary N) is 2. The Kier molecular flexibility index (Phi) is 7.01. The molecular formula is C20H23F2N3O2. The first-order chi connectivity index (χ1) is 12.8. The van der Waals surface area contributed by atoms with E-state index in [1.165, 1.54) is 0 Å². The molecule has 1 unspecified atom stereocenters. The van der Waals surface area contributed by atoms with E-state index in [2.05, 4.69) is 10.6 Å². The van der Waals surface area contributed by atoms with Crippen molar-refractivity contribution in [3.05, 3.63) is 70.8 Å². The van der Waals surface area contributed by atoms with E-state index in [-0.39, 0.29) is 18.2 Å². The number of likely N-dealkylation sites (N-methyl/N-ethyl adjacent to an activating group) is 1. The normalized spacial score (nSPS) is 11.9. The largest absolute Gasteiger partial charge is 0.353 e. The van der Waals surface area contributed by atoms with E-state index < -0.39 is 23.4 Å². The predicted octanol–water partition coefficient (Wildman–Crippen LogP) is 2.42. The minimum absolute atomic E-state index is 0.0280. The van der Waals surface area contributed by atoms with Gasteiger partial charge in [0.05, 0.1) is 18.2 Å². The molecule has 0 saturated carbocycles. The molecule has 2 N–H and O–H groups in total. The van der Waals surface area contributed by atoms with Crippen LogP contribution >= 0.6 is 0 Å². The molecule has 0 aliphatic carbocycles. The molecule has 0 spiro atoms. The lowest BCUT2D eigenvalue weighted by Gasteiger charge is -2.25. The number of halogens is 2. The first kappa shape index (κ1) is 20.5. The summed E-state index contributed by atoms with van der Waals surface area (Å²) in [4.78, 5) is 25.9. The van der Waals surface area contributed by atoms with Crippen LogP contribution in [0.3, 0.4) is 0 Å². The van der Waals surface area contributed by atoms with Gasteiger partial charge < -0.3 is 15.5 Å². The molecule has 2 rings (SSSR count). The highest BCUT2D eigenvalue weighted by molar-refractivity contribution is 5.96. The van der Waals surface area contributed by atoms with E-state index in [0.29, 0.717) is 12.6 Å². The van der Waals surface area contributed by atoms with Gasteiger partial charge in [-0.3, -0.25) is 9.59 Å². The van der Waals surface area contributed by atoms with Crippen molar-refractivity contribution >= 4 is 11.8 Å². The summed E-state index contributed by atoms with van der Waals surface area (Å²) in [5.41, 5.74) is 1.90. The van der Waals surface area contributed by atoms with Gasteiger partial charge in [0.15, 0.2) is 0 Å². The zero-order valence-electron chi connectivity index (χ0n) is 15.6.